The average Bonchev–Trinajstić information content (AvgIpc) is 3.92. The van der Waals surface area contributed by atoms with E-state index >= 15 is 0 Å². The second-order valence-electron chi connectivity index (χ2n) is 15.5. The topological polar surface area (TPSA) is 211 Å². The van der Waals surface area contributed by atoms with E-state index in [-0.39, 0.29) is 30.6 Å². The Labute approximate surface area is 321 Å². The van der Waals surface area contributed by atoms with Gasteiger partial charge in [-0.1, -0.05) is 43.7 Å². The molecule has 0 radical (unpaired) electrons. The molecule has 300 valence electrons. The summed E-state index contributed by atoms with van der Waals surface area (Å²) in [5.41, 5.74) is 0.745. The zero-order valence-electron chi connectivity index (χ0n) is 32.0. The number of anilines is 1. The Hall–Kier alpha value is -4.58. The maximum atomic E-state index is 14.7. The summed E-state index contributed by atoms with van der Waals surface area (Å²) < 4.78 is 7.49. The molecule has 55 heavy (non-hydrogen) atoms. The predicted molar refractivity (Wildman–Crippen MR) is 200 cm³/mol. The maximum absolute atomic E-state index is 14.7. The highest BCUT2D eigenvalue weighted by molar-refractivity contribution is 5.95. The number of nitrogens with one attached hydrogen (secondary N) is 4. The van der Waals surface area contributed by atoms with Crippen molar-refractivity contribution in [3.05, 3.63) is 48.2 Å². The predicted octanol–water partition coefficient (Wildman–Crippen LogP) is 0.280. The van der Waals surface area contributed by atoms with E-state index in [9.17, 15) is 34.2 Å². The summed E-state index contributed by atoms with van der Waals surface area (Å²) >= 11 is 0. The Bertz CT molecular complexity index is 1690. The van der Waals surface area contributed by atoms with Crippen molar-refractivity contribution in [2.45, 2.75) is 121 Å². The lowest BCUT2D eigenvalue weighted by Gasteiger charge is -2.45. The van der Waals surface area contributed by atoms with Gasteiger partial charge in [-0.3, -0.25) is 34.6 Å². The number of carbonyl (C=O) groups excluding carboxylic acids is 5. The van der Waals surface area contributed by atoms with E-state index in [1.165, 1.54) is 21.4 Å². The van der Waals surface area contributed by atoms with Gasteiger partial charge in [0.2, 0.25) is 17.7 Å². The number of aromatic nitrogens is 2. The summed E-state index contributed by atoms with van der Waals surface area (Å²) in [6, 6.07) is 4.38. The first-order valence-corrected chi connectivity index (χ1v) is 19.4. The maximum Gasteiger partial charge on any atom is 0.329 e. The summed E-state index contributed by atoms with van der Waals surface area (Å²) in [6.45, 7) is 6.14. The number of aliphatic hydroxyl groups is 2. The largest absolute Gasteiger partial charge is 0.458 e. The van der Waals surface area contributed by atoms with Crippen molar-refractivity contribution >= 4 is 35.5 Å². The van der Waals surface area contributed by atoms with Gasteiger partial charge in [0.25, 0.3) is 0 Å². The van der Waals surface area contributed by atoms with Crippen molar-refractivity contribution in [3.63, 3.8) is 0 Å². The standard InChI is InChI=1S/C38H55N9O8/c1-22-19-29-37(53)55-24(3)31(42-32(48)26(20-25-11-6-5-7-12-25)40-38(54)41-30-15-18-44(4)43-30)36(52)46-17-10-14-28(46)35(51)45-16-9-8-13-27(45)33(49)39-23(2)34(50)47(29)21-22/h5-7,11-12,15,18,22-24,26-29,31,33,35,39,49,51H,8-10,13-14,16-17,19-21H2,1-4H3,(H,42,48)(H2,40,41,43,54)/t22-,23+,24+,26+,27+,28+,29+,31+,33?,35?/m1/s1. The van der Waals surface area contributed by atoms with Crippen molar-refractivity contribution in [2.24, 2.45) is 13.0 Å². The van der Waals surface area contributed by atoms with Crippen molar-refractivity contribution in [1.82, 2.24) is 40.4 Å². The molecule has 17 nitrogen and oxygen atoms in total. The second-order valence-corrected chi connectivity index (χ2v) is 15.5. The molecule has 10 atom stereocenters. The lowest BCUT2D eigenvalue weighted by Crippen LogP contribution is -2.65. The van der Waals surface area contributed by atoms with Gasteiger partial charge >= 0.3 is 12.0 Å². The number of piperidine rings is 1. The van der Waals surface area contributed by atoms with Crippen molar-refractivity contribution in [3.8, 4) is 0 Å². The Morgan fingerprint density at radius 2 is 1.71 bits per heavy atom. The number of hydrogen-bond acceptors (Lipinski definition) is 11. The van der Waals surface area contributed by atoms with Crippen LogP contribution in [-0.4, -0.2) is 139 Å². The fraction of sp³-hybridized carbons (Fsp3) is 0.632. The van der Waals surface area contributed by atoms with E-state index in [1.54, 1.807) is 31.1 Å². The fourth-order valence-corrected chi connectivity index (χ4v) is 8.44. The normalized spacial score (nSPS) is 31.5. The lowest BCUT2D eigenvalue weighted by atomic mass is 9.97. The number of ether oxygens (including phenoxy) is 1. The Kier molecular flexibility index (Phi) is 12.7. The zero-order valence-corrected chi connectivity index (χ0v) is 32.0. The molecule has 5 amide bonds. The van der Waals surface area contributed by atoms with Gasteiger partial charge in [-0.05, 0) is 57.4 Å². The highest BCUT2D eigenvalue weighted by Gasteiger charge is 2.47. The molecule has 1 aromatic carbocycles. The fourth-order valence-electron chi connectivity index (χ4n) is 8.44. The molecular formula is C38H55N9O8. The Morgan fingerprint density at radius 3 is 2.44 bits per heavy atom. The van der Waals surface area contributed by atoms with E-state index in [0.717, 1.165) is 18.4 Å². The van der Waals surface area contributed by atoms with Gasteiger partial charge < -0.3 is 35.4 Å². The van der Waals surface area contributed by atoms with Gasteiger partial charge in [0, 0.05) is 45.4 Å². The van der Waals surface area contributed by atoms with E-state index in [1.807, 2.05) is 37.3 Å². The minimum absolute atomic E-state index is 0.0236. The average molecular weight is 766 g/mol. The molecule has 1 aromatic heterocycles. The van der Waals surface area contributed by atoms with Crippen LogP contribution in [-0.2, 0) is 37.4 Å². The number of aliphatic hydroxyl groups excluding tert-OH is 2. The number of aryl methyl sites for hydroxylation is 1. The molecule has 5 heterocycles. The minimum atomic E-state index is -1.41. The summed E-state index contributed by atoms with van der Waals surface area (Å²) in [7, 11) is 1.70. The highest BCUT2D eigenvalue weighted by atomic mass is 16.5. The number of rotatable bonds is 6. The van der Waals surface area contributed by atoms with Crippen molar-refractivity contribution in [2.75, 3.05) is 25.0 Å². The molecule has 17 heteroatoms. The second kappa shape index (κ2) is 17.5. The van der Waals surface area contributed by atoms with Gasteiger partial charge in [-0.15, -0.1) is 0 Å². The third-order valence-electron chi connectivity index (χ3n) is 11.3. The van der Waals surface area contributed by atoms with E-state index in [4.69, 9.17) is 4.74 Å². The first-order chi connectivity index (χ1) is 26.3. The number of cyclic esters (lactones) is 1. The van der Waals surface area contributed by atoms with Crippen LogP contribution in [0.3, 0.4) is 0 Å². The van der Waals surface area contributed by atoms with E-state index < -0.39 is 78.6 Å². The van der Waals surface area contributed by atoms with E-state index in [2.05, 4.69) is 26.4 Å². The number of nitrogens with zero attached hydrogens (tertiary/aromatic N) is 5. The monoisotopic (exact) mass is 765 g/mol. The molecular weight excluding hydrogens is 710 g/mol. The van der Waals surface area contributed by atoms with Crippen molar-refractivity contribution < 1.29 is 38.9 Å². The van der Waals surface area contributed by atoms with Gasteiger partial charge in [0.1, 0.15) is 36.7 Å². The van der Waals surface area contributed by atoms with E-state index in [0.29, 0.717) is 38.8 Å². The first-order valence-electron chi connectivity index (χ1n) is 19.4. The molecule has 6 N–H and O–H groups in total. The SMILES string of the molecule is C[C@@H]1C[C@H]2C(=O)O[C@@H](C)[C@H](NC(=O)[C@H](Cc3ccccc3)NC(=O)Nc3ccn(C)n3)C(=O)N3CCC[C@H]3C(O)N3CCCC[C@H]3C(O)N[C@@H](C)C(=O)N2C1. The van der Waals surface area contributed by atoms with Gasteiger partial charge in [-0.2, -0.15) is 5.10 Å². The number of fused-ring (bicyclic) bond motifs is 3. The third-order valence-corrected chi connectivity index (χ3v) is 11.3. The van der Waals surface area contributed by atoms with Crippen LogP contribution in [0.15, 0.2) is 42.6 Å². The summed E-state index contributed by atoms with van der Waals surface area (Å²) in [5.74, 6) is -2.11. The minimum Gasteiger partial charge on any atom is -0.458 e. The van der Waals surface area contributed by atoms with Crippen LogP contribution in [0.2, 0.25) is 0 Å². The van der Waals surface area contributed by atoms with Crippen LogP contribution in [0.1, 0.15) is 64.9 Å². The summed E-state index contributed by atoms with van der Waals surface area (Å²) in [5, 5.41) is 38.7. The zero-order chi connectivity index (χ0) is 39.4. The van der Waals surface area contributed by atoms with Crippen molar-refractivity contribution in [1.29, 1.82) is 0 Å². The lowest BCUT2D eigenvalue weighted by molar-refractivity contribution is -0.164. The number of benzene rings is 1. The van der Waals surface area contributed by atoms with Crippen LogP contribution >= 0.6 is 0 Å². The molecule has 0 saturated carbocycles. The summed E-state index contributed by atoms with van der Waals surface area (Å²) in [6.07, 6.45) is 1.71. The molecule has 4 aliphatic heterocycles. The smallest absolute Gasteiger partial charge is 0.329 e. The molecule has 0 aliphatic carbocycles. The number of esters is 1. The number of carbonyl (C=O) groups is 5. The van der Waals surface area contributed by atoms with Crippen LogP contribution in [0.5, 0.6) is 0 Å². The molecule has 4 aliphatic rings. The molecule has 2 unspecified atom stereocenters. The van der Waals surface area contributed by atoms with Crippen LogP contribution in [0.4, 0.5) is 10.6 Å². The molecule has 0 spiro atoms. The van der Waals surface area contributed by atoms with Crippen LogP contribution < -0.4 is 21.3 Å². The Morgan fingerprint density at radius 1 is 0.964 bits per heavy atom. The van der Waals surface area contributed by atoms with Gasteiger partial charge in [0.15, 0.2) is 5.82 Å². The molecule has 0 bridgehead atoms. The number of urea groups is 1. The molecule has 4 fully saturated rings. The third kappa shape index (κ3) is 9.28. The molecule has 6 rings (SSSR count). The molecule has 4 saturated heterocycles. The number of amides is 5. The Balaban J connectivity index is 1.32. The van der Waals surface area contributed by atoms with Gasteiger partial charge in [0.05, 0.1) is 18.1 Å². The van der Waals surface area contributed by atoms with Gasteiger partial charge in [-0.25, -0.2) is 9.59 Å². The van der Waals surface area contributed by atoms with Crippen LogP contribution in [0, 0.1) is 5.92 Å². The first kappa shape index (κ1) is 40.1. The van der Waals surface area contributed by atoms with Crippen LogP contribution in [0.25, 0.3) is 0 Å². The number of hydrogen-bond donors (Lipinski definition) is 6. The molecule has 2 aromatic rings. The highest BCUT2D eigenvalue weighted by Crippen LogP contribution is 2.31. The quantitative estimate of drug-likeness (QED) is 0.220. The summed E-state index contributed by atoms with van der Waals surface area (Å²) in [4.78, 5) is 74.7.